The summed E-state index contributed by atoms with van der Waals surface area (Å²) in [5, 5.41) is 11.6. The first kappa shape index (κ1) is 7.79. The first-order valence-electron chi connectivity index (χ1n) is 3.83. The molecule has 0 aromatic heterocycles. The molecule has 1 aromatic rings. The predicted molar refractivity (Wildman–Crippen MR) is 45.7 cm³/mol. The van der Waals surface area contributed by atoms with Crippen LogP contribution >= 0.6 is 0 Å². The molecule has 1 aliphatic heterocycles. The molecule has 0 bridgehead atoms. The molecule has 13 heavy (non-hydrogen) atoms. The van der Waals surface area contributed by atoms with Crippen molar-refractivity contribution in [3.8, 4) is 5.75 Å². The summed E-state index contributed by atoms with van der Waals surface area (Å²) in [7, 11) is 0. The summed E-state index contributed by atoms with van der Waals surface area (Å²) in [4.78, 5) is 22.2. The van der Waals surface area contributed by atoms with Crippen molar-refractivity contribution >= 4 is 17.4 Å². The molecule has 1 aromatic carbocycles. The molecular weight excluding hydrogens is 170 g/mol. The van der Waals surface area contributed by atoms with Gasteiger partial charge in [-0.3, -0.25) is 9.59 Å². The maximum absolute atomic E-state index is 11.3. The molecule has 0 saturated heterocycles. The van der Waals surface area contributed by atoms with Crippen LogP contribution in [0.5, 0.6) is 5.75 Å². The third kappa shape index (κ3) is 1.26. The van der Waals surface area contributed by atoms with Crippen LogP contribution in [0.3, 0.4) is 0 Å². The van der Waals surface area contributed by atoms with Crippen LogP contribution in [0.2, 0.25) is 0 Å². The maximum atomic E-state index is 11.3. The Morgan fingerprint density at radius 1 is 1.31 bits per heavy atom. The average molecular weight is 177 g/mol. The molecule has 1 aliphatic rings. The van der Waals surface area contributed by atoms with Gasteiger partial charge in [0.05, 0.1) is 12.1 Å². The molecule has 0 aliphatic carbocycles. The Labute approximate surface area is 74.2 Å². The number of Topliss-reactive ketones (excluding diaryl/α,β-unsaturated/α-hetero) is 1. The summed E-state index contributed by atoms with van der Waals surface area (Å²) in [5.41, 5.74) is 0.846. The fourth-order valence-corrected chi connectivity index (χ4v) is 1.31. The van der Waals surface area contributed by atoms with Crippen LogP contribution in [-0.4, -0.2) is 16.8 Å². The van der Waals surface area contributed by atoms with Crippen molar-refractivity contribution in [2.45, 2.75) is 6.42 Å². The molecular formula is C9H7NO3. The number of aromatic hydroxyl groups is 1. The van der Waals surface area contributed by atoms with E-state index in [0.29, 0.717) is 11.3 Å². The molecule has 4 nitrogen and oxygen atoms in total. The molecule has 4 heteroatoms. The van der Waals surface area contributed by atoms with Crippen molar-refractivity contribution in [2.24, 2.45) is 0 Å². The lowest BCUT2D eigenvalue weighted by molar-refractivity contribution is -0.115. The predicted octanol–water partition coefficient (Wildman–Crippen LogP) is 0.917. The monoisotopic (exact) mass is 177 g/mol. The van der Waals surface area contributed by atoms with Crippen LogP contribution in [-0.2, 0) is 4.79 Å². The number of phenols is 1. The lowest BCUT2D eigenvalue weighted by atomic mass is 10.0. The lowest BCUT2D eigenvalue weighted by Crippen LogP contribution is -2.23. The Bertz CT molecular complexity index is 398. The minimum Gasteiger partial charge on any atom is -0.508 e. The van der Waals surface area contributed by atoms with Gasteiger partial charge in [0, 0.05) is 11.6 Å². The van der Waals surface area contributed by atoms with Gasteiger partial charge in [-0.25, -0.2) is 0 Å². The molecule has 66 valence electrons. The van der Waals surface area contributed by atoms with Gasteiger partial charge in [0.25, 0.3) is 0 Å². The number of anilines is 1. The first-order valence-corrected chi connectivity index (χ1v) is 3.83. The van der Waals surface area contributed by atoms with Gasteiger partial charge in [0.1, 0.15) is 5.75 Å². The summed E-state index contributed by atoms with van der Waals surface area (Å²) in [6.07, 6.45) is -0.113. The van der Waals surface area contributed by atoms with E-state index in [-0.39, 0.29) is 23.9 Å². The van der Waals surface area contributed by atoms with E-state index >= 15 is 0 Å². The number of fused-ring (bicyclic) bond motifs is 1. The zero-order valence-corrected chi connectivity index (χ0v) is 6.70. The fourth-order valence-electron chi connectivity index (χ4n) is 1.31. The minimum absolute atomic E-state index is 0.0359. The third-order valence-corrected chi connectivity index (χ3v) is 1.90. The number of amides is 1. The summed E-state index contributed by atoms with van der Waals surface area (Å²) >= 11 is 0. The van der Waals surface area contributed by atoms with Gasteiger partial charge in [0.15, 0.2) is 5.78 Å². The average Bonchev–Trinajstić information content (AvgIpc) is 2.02. The number of carbonyl (C=O) groups is 2. The second kappa shape index (κ2) is 2.58. The fraction of sp³-hybridized carbons (Fsp3) is 0.111. The standard InChI is InChI=1S/C9H7NO3/c11-5-1-2-6-7(3-5)10-9(13)4-8(6)12/h1-3,11H,4H2,(H,10,13). The van der Waals surface area contributed by atoms with Crippen molar-refractivity contribution in [1.29, 1.82) is 0 Å². The number of rotatable bonds is 0. The van der Waals surface area contributed by atoms with Crippen molar-refractivity contribution in [1.82, 2.24) is 0 Å². The highest BCUT2D eigenvalue weighted by Crippen LogP contribution is 2.26. The van der Waals surface area contributed by atoms with E-state index in [1.54, 1.807) is 0 Å². The Kier molecular flexibility index (Phi) is 1.55. The number of benzene rings is 1. The zero-order valence-electron chi connectivity index (χ0n) is 6.70. The smallest absolute Gasteiger partial charge is 0.232 e. The van der Waals surface area contributed by atoms with Crippen LogP contribution in [0, 0.1) is 0 Å². The molecule has 0 fully saturated rings. The third-order valence-electron chi connectivity index (χ3n) is 1.90. The van der Waals surface area contributed by atoms with Crippen LogP contribution in [0.15, 0.2) is 18.2 Å². The van der Waals surface area contributed by atoms with E-state index in [2.05, 4.69) is 5.32 Å². The number of hydrogen-bond acceptors (Lipinski definition) is 3. The largest absolute Gasteiger partial charge is 0.508 e. The highest BCUT2D eigenvalue weighted by molar-refractivity contribution is 6.18. The highest BCUT2D eigenvalue weighted by Gasteiger charge is 2.22. The van der Waals surface area contributed by atoms with Crippen LogP contribution < -0.4 is 5.32 Å². The number of ketones is 1. The summed E-state index contributed by atoms with van der Waals surface area (Å²) < 4.78 is 0. The maximum Gasteiger partial charge on any atom is 0.232 e. The molecule has 2 rings (SSSR count). The molecule has 0 saturated carbocycles. The molecule has 1 heterocycles. The van der Waals surface area contributed by atoms with E-state index in [9.17, 15) is 9.59 Å². The van der Waals surface area contributed by atoms with Crippen LogP contribution in [0.4, 0.5) is 5.69 Å². The van der Waals surface area contributed by atoms with E-state index < -0.39 is 0 Å². The zero-order chi connectivity index (χ0) is 9.42. The summed E-state index contributed by atoms with van der Waals surface area (Å²) in [5.74, 6) is -0.504. The number of nitrogens with one attached hydrogen (secondary N) is 1. The Morgan fingerprint density at radius 3 is 2.85 bits per heavy atom. The topological polar surface area (TPSA) is 66.4 Å². The molecule has 0 radical (unpaired) electrons. The van der Waals surface area contributed by atoms with Gasteiger partial charge in [-0.05, 0) is 12.1 Å². The highest BCUT2D eigenvalue weighted by atomic mass is 16.3. The van der Waals surface area contributed by atoms with Gasteiger partial charge in [-0.1, -0.05) is 0 Å². The lowest BCUT2D eigenvalue weighted by Gasteiger charge is -2.15. The second-order valence-corrected chi connectivity index (χ2v) is 2.88. The Hall–Kier alpha value is -1.84. The second-order valence-electron chi connectivity index (χ2n) is 2.88. The summed E-state index contributed by atoms with van der Waals surface area (Å²) in [6, 6.07) is 4.30. The molecule has 0 spiro atoms. The summed E-state index contributed by atoms with van der Waals surface area (Å²) in [6.45, 7) is 0. The van der Waals surface area contributed by atoms with Crippen molar-refractivity contribution < 1.29 is 14.7 Å². The SMILES string of the molecule is O=C1CC(=O)c2ccc(O)cc2N1. The van der Waals surface area contributed by atoms with Crippen molar-refractivity contribution in [3.05, 3.63) is 23.8 Å². The first-order chi connectivity index (χ1) is 6.16. The van der Waals surface area contributed by atoms with Gasteiger partial charge in [0.2, 0.25) is 5.91 Å². The van der Waals surface area contributed by atoms with E-state index in [1.165, 1.54) is 18.2 Å². The van der Waals surface area contributed by atoms with Crippen LogP contribution in [0.1, 0.15) is 16.8 Å². The Balaban J connectivity index is 2.55. The number of hydrogen-bond donors (Lipinski definition) is 2. The quantitative estimate of drug-likeness (QED) is 0.579. The molecule has 0 unspecified atom stereocenters. The Morgan fingerprint density at radius 2 is 2.08 bits per heavy atom. The molecule has 2 N–H and O–H groups in total. The minimum atomic E-state index is -0.330. The van der Waals surface area contributed by atoms with Crippen molar-refractivity contribution in [2.75, 3.05) is 5.32 Å². The van der Waals surface area contributed by atoms with Crippen molar-refractivity contribution in [3.63, 3.8) is 0 Å². The van der Waals surface area contributed by atoms with Crippen LogP contribution in [0.25, 0.3) is 0 Å². The van der Waals surface area contributed by atoms with E-state index in [4.69, 9.17) is 5.11 Å². The van der Waals surface area contributed by atoms with Gasteiger partial charge < -0.3 is 10.4 Å². The van der Waals surface area contributed by atoms with Gasteiger partial charge in [-0.15, -0.1) is 0 Å². The molecule has 0 atom stereocenters. The van der Waals surface area contributed by atoms with E-state index in [1.807, 2.05) is 0 Å². The number of carbonyl (C=O) groups excluding carboxylic acids is 2. The van der Waals surface area contributed by atoms with E-state index in [0.717, 1.165) is 0 Å². The molecule has 1 amide bonds. The van der Waals surface area contributed by atoms with Gasteiger partial charge in [-0.2, -0.15) is 0 Å². The van der Waals surface area contributed by atoms with Gasteiger partial charge >= 0.3 is 0 Å². The normalized spacial score (nSPS) is 15.1. The number of phenolic OH excluding ortho intramolecular Hbond substituents is 1.